The highest BCUT2D eigenvalue weighted by Crippen LogP contribution is 2.13. The minimum absolute atomic E-state index is 0.341. The summed E-state index contributed by atoms with van der Waals surface area (Å²) in [7, 11) is 1.81. The molecule has 2 aromatic heterocycles. The number of aromatic nitrogens is 6. The lowest BCUT2D eigenvalue weighted by molar-refractivity contribution is 0.715. The first-order valence-electron chi connectivity index (χ1n) is 4.46. The molecule has 74 valence electrons. The molecule has 2 aromatic rings. The predicted octanol–water partition coefficient (Wildman–Crippen LogP) is 0.724. The van der Waals surface area contributed by atoms with E-state index < -0.39 is 0 Å². The summed E-state index contributed by atoms with van der Waals surface area (Å²) >= 11 is 0. The van der Waals surface area contributed by atoms with Gasteiger partial charge in [-0.25, -0.2) is 4.98 Å². The van der Waals surface area contributed by atoms with Gasteiger partial charge in [0.25, 0.3) is 0 Å². The molecule has 0 bridgehead atoms. The van der Waals surface area contributed by atoms with Gasteiger partial charge in [0.2, 0.25) is 5.82 Å². The summed E-state index contributed by atoms with van der Waals surface area (Å²) in [4.78, 5) is 4.31. The third-order valence-electron chi connectivity index (χ3n) is 1.88. The number of H-pyrrole nitrogens is 1. The van der Waals surface area contributed by atoms with Crippen LogP contribution in [0.5, 0.6) is 0 Å². The lowest BCUT2D eigenvalue weighted by Gasteiger charge is -1.94. The molecule has 0 aliphatic carbocycles. The SMILES string of the molecule is CC(C)c1nc(-c2cn(C)nn2)n[nH]1. The van der Waals surface area contributed by atoms with Crippen molar-refractivity contribution in [1.29, 1.82) is 0 Å². The van der Waals surface area contributed by atoms with E-state index in [0.29, 0.717) is 17.4 Å². The molecule has 0 aliphatic rings. The van der Waals surface area contributed by atoms with Crippen molar-refractivity contribution < 1.29 is 0 Å². The first-order valence-corrected chi connectivity index (χ1v) is 4.46. The van der Waals surface area contributed by atoms with Crippen molar-refractivity contribution in [1.82, 2.24) is 30.2 Å². The van der Waals surface area contributed by atoms with Gasteiger partial charge in [-0.2, -0.15) is 5.10 Å². The highest BCUT2D eigenvalue weighted by molar-refractivity contribution is 5.45. The van der Waals surface area contributed by atoms with Gasteiger partial charge in [-0.15, -0.1) is 5.10 Å². The summed E-state index contributed by atoms with van der Waals surface area (Å²) in [6.45, 7) is 4.11. The van der Waals surface area contributed by atoms with Crippen LogP contribution < -0.4 is 0 Å². The van der Waals surface area contributed by atoms with Crippen molar-refractivity contribution in [2.24, 2.45) is 7.05 Å². The summed E-state index contributed by atoms with van der Waals surface area (Å²) in [6, 6.07) is 0. The number of nitrogens with one attached hydrogen (secondary N) is 1. The topological polar surface area (TPSA) is 72.3 Å². The lowest BCUT2D eigenvalue weighted by atomic mass is 10.2. The molecule has 6 heteroatoms. The van der Waals surface area contributed by atoms with E-state index in [1.165, 1.54) is 0 Å². The number of aryl methyl sites for hydroxylation is 1. The zero-order chi connectivity index (χ0) is 10.1. The second-order valence-corrected chi connectivity index (χ2v) is 3.48. The molecule has 0 fully saturated rings. The maximum atomic E-state index is 4.31. The minimum Gasteiger partial charge on any atom is -0.262 e. The smallest absolute Gasteiger partial charge is 0.203 e. The highest BCUT2D eigenvalue weighted by atomic mass is 15.4. The maximum Gasteiger partial charge on any atom is 0.203 e. The first-order chi connectivity index (χ1) is 6.66. The Kier molecular flexibility index (Phi) is 2.03. The average molecular weight is 192 g/mol. The van der Waals surface area contributed by atoms with Gasteiger partial charge in [0.15, 0.2) is 5.69 Å². The van der Waals surface area contributed by atoms with Crippen molar-refractivity contribution >= 4 is 0 Å². The van der Waals surface area contributed by atoms with Crippen LogP contribution in [0.1, 0.15) is 25.6 Å². The van der Waals surface area contributed by atoms with Crippen LogP contribution in [0.2, 0.25) is 0 Å². The van der Waals surface area contributed by atoms with E-state index in [4.69, 9.17) is 0 Å². The zero-order valence-electron chi connectivity index (χ0n) is 8.39. The zero-order valence-corrected chi connectivity index (χ0v) is 8.39. The number of hydrogen-bond acceptors (Lipinski definition) is 4. The number of aromatic amines is 1. The Labute approximate surface area is 81.4 Å². The van der Waals surface area contributed by atoms with E-state index in [-0.39, 0.29) is 0 Å². The summed E-state index contributed by atoms with van der Waals surface area (Å²) in [5, 5.41) is 14.7. The molecular formula is C8H12N6. The van der Waals surface area contributed by atoms with Gasteiger partial charge < -0.3 is 0 Å². The van der Waals surface area contributed by atoms with Crippen molar-refractivity contribution in [3.8, 4) is 11.5 Å². The fraction of sp³-hybridized carbons (Fsp3) is 0.500. The quantitative estimate of drug-likeness (QED) is 0.761. The fourth-order valence-electron chi connectivity index (χ4n) is 1.10. The summed E-state index contributed by atoms with van der Waals surface area (Å²) in [6.07, 6.45) is 1.78. The minimum atomic E-state index is 0.341. The van der Waals surface area contributed by atoms with Crippen LogP contribution in [0.4, 0.5) is 0 Å². The molecule has 14 heavy (non-hydrogen) atoms. The van der Waals surface area contributed by atoms with E-state index in [1.807, 2.05) is 7.05 Å². The van der Waals surface area contributed by atoms with Crippen LogP contribution in [0.3, 0.4) is 0 Å². The fourth-order valence-corrected chi connectivity index (χ4v) is 1.10. The van der Waals surface area contributed by atoms with Crippen LogP contribution in [0.15, 0.2) is 6.20 Å². The van der Waals surface area contributed by atoms with Crippen LogP contribution in [-0.2, 0) is 7.05 Å². The van der Waals surface area contributed by atoms with Crippen molar-refractivity contribution in [2.45, 2.75) is 19.8 Å². The van der Waals surface area contributed by atoms with Crippen LogP contribution in [-0.4, -0.2) is 30.2 Å². The molecule has 2 heterocycles. The number of nitrogens with zero attached hydrogens (tertiary/aromatic N) is 5. The normalized spacial score (nSPS) is 11.1. The largest absolute Gasteiger partial charge is 0.262 e. The monoisotopic (exact) mass is 192 g/mol. The molecule has 0 unspecified atom stereocenters. The van der Waals surface area contributed by atoms with Crippen LogP contribution in [0.25, 0.3) is 11.5 Å². The molecule has 1 N–H and O–H groups in total. The van der Waals surface area contributed by atoms with E-state index >= 15 is 0 Å². The molecule has 0 aliphatic heterocycles. The third-order valence-corrected chi connectivity index (χ3v) is 1.88. The first kappa shape index (κ1) is 8.86. The maximum absolute atomic E-state index is 4.31. The van der Waals surface area contributed by atoms with E-state index in [0.717, 1.165) is 5.82 Å². The standard InChI is InChI=1S/C8H12N6/c1-5(2)7-9-8(12-11-7)6-4-14(3)13-10-6/h4-5H,1-3H3,(H,9,11,12). The molecule has 2 rings (SSSR count). The van der Waals surface area contributed by atoms with Gasteiger partial charge in [-0.05, 0) is 0 Å². The summed E-state index contributed by atoms with van der Waals surface area (Å²) < 4.78 is 1.63. The summed E-state index contributed by atoms with van der Waals surface area (Å²) in [5.74, 6) is 1.81. The van der Waals surface area contributed by atoms with Gasteiger partial charge >= 0.3 is 0 Å². The van der Waals surface area contributed by atoms with Crippen LogP contribution >= 0.6 is 0 Å². The molecular weight excluding hydrogens is 180 g/mol. The van der Waals surface area contributed by atoms with Gasteiger partial charge in [-0.3, -0.25) is 9.78 Å². The number of rotatable bonds is 2. The molecule has 0 amide bonds. The average Bonchev–Trinajstić information content (AvgIpc) is 2.70. The van der Waals surface area contributed by atoms with Crippen LogP contribution in [0, 0.1) is 0 Å². The Morgan fingerprint density at radius 1 is 1.43 bits per heavy atom. The molecule has 0 radical (unpaired) electrons. The van der Waals surface area contributed by atoms with E-state index in [1.54, 1.807) is 10.9 Å². The predicted molar refractivity (Wildman–Crippen MR) is 50.5 cm³/mol. The van der Waals surface area contributed by atoms with Gasteiger partial charge in [0.05, 0.1) is 6.20 Å². The van der Waals surface area contributed by atoms with Crippen molar-refractivity contribution in [2.75, 3.05) is 0 Å². The Morgan fingerprint density at radius 3 is 2.71 bits per heavy atom. The Bertz CT molecular complexity index is 426. The van der Waals surface area contributed by atoms with E-state index in [9.17, 15) is 0 Å². The van der Waals surface area contributed by atoms with Crippen molar-refractivity contribution in [3.63, 3.8) is 0 Å². The third kappa shape index (κ3) is 1.50. The molecule has 0 saturated heterocycles. The Balaban J connectivity index is 2.33. The molecule has 0 atom stereocenters. The second-order valence-electron chi connectivity index (χ2n) is 3.48. The van der Waals surface area contributed by atoms with Gasteiger partial charge in [0, 0.05) is 13.0 Å². The molecule has 0 saturated carbocycles. The molecule has 6 nitrogen and oxygen atoms in total. The number of hydrogen-bond donors (Lipinski definition) is 1. The Hall–Kier alpha value is -1.72. The van der Waals surface area contributed by atoms with Gasteiger partial charge in [0.1, 0.15) is 5.82 Å². The van der Waals surface area contributed by atoms with Crippen molar-refractivity contribution in [3.05, 3.63) is 12.0 Å². The second kappa shape index (κ2) is 3.21. The van der Waals surface area contributed by atoms with Gasteiger partial charge in [-0.1, -0.05) is 19.1 Å². The molecule has 0 spiro atoms. The lowest BCUT2D eigenvalue weighted by Crippen LogP contribution is -1.89. The molecule has 0 aromatic carbocycles. The van der Waals surface area contributed by atoms with E-state index in [2.05, 4.69) is 39.3 Å². The summed E-state index contributed by atoms with van der Waals surface area (Å²) in [5.41, 5.74) is 0.690. The Morgan fingerprint density at radius 2 is 2.21 bits per heavy atom. The highest BCUT2D eigenvalue weighted by Gasteiger charge is 2.10.